The van der Waals surface area contributed by atoms with Crippen LogP contribution >= 0.6 is 0 Å². The summed E-state index contributed by atoms with van der Waals surface area (Å²) in [6, 6.07) is 10.3. The summed E-state index contributed by atoms with van der Waals surface area (Å²) in [5.41, 5.74) is -0.443. The van der Waals surface area contributed by atoms with Crippen LogP contribution < -0.4 is 34.3 Å². The summed E-state index contributed by atoms with van der Waals surface area (Å²) < 4.78 is 51.8. The third-order valence-electron chi connectivity index (χ3n) is 12.6. The van der Waals surface area contributed by atoms with Crippen molar-refractivity contribution in [1.29, 1.82) is 0 Å². The molecule has 2 saturated carbocycles. The number of amides is 4. The fourth-order valence-corrected chi connectivity index (χ4v) is 10.0. The first-order valence-electron chi connectivity index (χ1n) is 21.2. The van der Waals surface area contributed by atoms with Crippen molar-refractivity contribution >= 4 is 44.6 Å². The van der Waals surface area contributed by atoms with Crippen molar-refractivity contribution in [3.63, 3.8) is 0 Å². The van der Waals surface area contributed by atoms with E-state index in [-0.39, 0.29) is 37.3 Å². The number of hydrogen-bond donors (Lipinski definition) is 4. The molecule has 3 fully saturated rings. The van der Waals surface area contributed by atoms with Crippen LogP contribution in [0.25, 0.3) is 22.0 Å². The number of benzene rings is 2. The summed E-state index contributed by atoms with van der Waals surface area (Å²) in [5, 5.41) is 16.4. The Morgan fingerprint density at radius 2 is 1.71 bits per heavy atom. The quantitative estimate of drug-likeness (QED) is 0.174. The summed E-state index contributed by atoms with van der Waals surface area (Å²) in [7, 11) is -0.949. The zero-order valence-corrected chi connectivity index (χ0v) is 37.0. The molecule has 1 saturated heterocycles. The largest absolute Gasteiger partial charge is 0.497 e. The number of ether oxygens (including phenoxy) is 4. The molecule has 4 N–H and O–H groups in total. The van der Waals surface area contributed by atoms with Crippen LogP contribution in [0.3, 0.4) is 0 Å². The van der Waals surface area contributed by atoms with Crippen LogP contribution in [-0.4, -0.2) is 103 Å². The Labute approximate surface area is 362 Å². The third-order valence-corrected chi connectivity index (χ3v) is 14.8. The summed E-state index contributed by atoms with van der Waals surface area (Å²) in [6.45, 7) is 9.15. The highest BCUT2D eigenvalue weighted by molar-refractivity contribution is 7.91. The minimum Gasteiger partial charge on any atom is -0.497 e. The molecule has 334 valence electrons. The molecule has 4 aliphatic rings. The number of methoxy groups -OCH3 is 2. The molecule has 16 nitrogen and oxygen atoms in total. The highest BCUT2D eigenvalue weighted by Gasteiger charge is 2.63. The van der Waals surface area contributed by atoms with E-state index < -0.39 is 74.1 Å². The van der Waals surface area contributed by atoms with Crippen molar-refractivity contribution in [1.82, 2.24) is 25.2 Å². The molecular weight excluding hydrogens is 819 g/mol. The summed E-state index contributed by atoms with van der Waals surface area (Å²) in [4.78, 5) is 61.8. The normalized spacial score (nSPS) is 27.7. The predicted molar refractivity (Wildman–Crippen MR) is 231 cm³/mol. The van der Waals surface area contributed by atoms with Gasteiger partial charge in [0.1, 0.15) is 40.9 Å². The summed E-state index contributed by atoms with van der Waals surface area (Å²) >= 11 is 0. The van der Waals surface area contributed by atoms with Crippen molar-refractivity contribution in [2.75, 3.05) is 20.8 Å². The van der Waals surface area contributed by atoms with Gasteiger partial charge >= 0.3 is 6.09 Å². The van der Waals surface area contributed by atoms with Crippen LogP contribution in [0.2, 0.25) is 0 Å². The van der Waals surface area contributed by atoms with Crippen molar-refractivity contribution < 1.29 is 51.6 Å². The van der Waals surface area contributed by atoms with E-state index in [1.54, 1.807) is 39.3 Å². The third kappa shape index (κ3) is 8.99. The minimum absolute atomic E-state index is 0.0319. The lowest BCUT2D eigenvalue weighted by Crippen LogP contribution is -2.59. The van der Waals surface area contributed by atoms with Gasteiger partial charge < -0.3 is 39.6 Å². The molecule has 7 rings (SSSR count). The van der Waals surface area contributed by atoms with Crippen LogP contribution in [0.1, 0.15) is 79.6 Å². The Kier molecular flexibility index (Phi) is 12.4. The first kappa shape index (κ1) is 44.5. The van der Waals surface area contributed by atoms with Gasteiger partial charge in [-0.3, -0.25) is 19.1 Å². The van der Waals surface area contributed by atoms with E-state index in [9.17, 15) is 32.7 Å². The van der Waals surface area contributed by atoms with Gasteiger partial charge in [0.2, 0.25) is 27.7 Å². The number of rotatable bonds is 11. The van der Waals surface area contributed by atoms with E-state index in [1.165, 1.54) is 4.90 Å². The highest BCUT2D eigenvalue weighted by Crippen LogP contribution is 2.48. The second-order valence-electron chi connectivity index (χ2n) is 17.8. The van der Waals surface area contributed by atoms with Gasteiger partial charge in [0.25, 0.3) is 5.91 Å². The van der Waals surface area contributed by atoms with E-state index in [1.807, 2.05) is 64.1 Å². The van der Waals surface area contributed by atoms with Crippen molar-refractivity contribution in [3.8, 4) is 34.4 Å². The SMILES string of the molecule is COc1ccc2c(O[C@@H]3C[C@H]4C(=O)N[C@]5(C(=O)NS(=O)(=O)C6(C)CC6)C[C@H]5/C=C\CC[C@@H](C)C[C@@H](C)[C@H](NC(=O)O)C(=O)N4C3)nc(-c3ccc(OC(C)C)cc3)c(OC)c2c1. The number of hydrogen-bond acceptors (Lipinski definition) is 11. The molecule has 1 aromatic heterocycles. The van der Waals surface area contributed by atoms with E-state index in [0.717, 1.165) is 0 Å². The van der Waals surface area contributed by atoms with Gasteiger partial charge in [-0.25, -0.2) is 18.2 Å². The first-order valence-corrected chi connectivity index (χ1v) is 22.7. The fraction of sp³-hybridized carbons (Fsp3) is 0.533. The Balaban J connectivity index is 1.27. The van der Waals surface area contributed by atoms with Crippen LogP contribution in [0, 0.1) is 17.8 Å². The van der Waals surface area contributed by atoms with Gasteiger partial charge in [-0.2, -0.15) is 0 Å². The maximum Gasteiger partial charge on any atom is 0.405 e. The molecule has 0 bridgehead atoms. The lowest BCUT2D eigenvalue weighted by atomic mass is 9.88. The summed E-state index contributed by atoms with van der Waals surface area (Å²) in [6.07, 6.45) is 4.29. The van der Waals surface area contributed by atoms with E-state index in [0.29, 0.717) is 71.4 Å². The van der Waals surface area contributed by atoms with Crippen LogP contribution in [0.15, 0.2) is 54.6 Å². The average molecular weight is 876 g/mol. The van der Waals surface area contributed by atoms with Gasteiger partial charge in [-0.1, -0.05) is 26.0 Å². The molecule has 0 spiro atoms. The molecule has 3 aromatic rings. The molecule has 0 unspecified atom stereocenters. The molecular formula is C45H57N5O11S. The monoisotopic (exact) mass is 875 g/mol. The molecule has 17 heteroatoms. The number of carboxylic acid groups (broad SMARTS) is 1. The molecule has 0 radical (unpaired) electrons. The standard InChI is InChI=1S/C45H57N5O11S/c1-25(2)60-30-14-12-28(13-15-30)37-38(59-7)34-21-31(58-6)16-17-33(34)40(46-37)61-32-22-35-39(51)48-45(42(53)49-62(56,57)44(5)18-19-44)23-29(45)11-9-8-10-26(3)20-27(4)36(47-43(54)55)41(52)50(35)24-32/h9,11-17,21,25-27,29,32,35-36,47H,8,10,18-20,22-24H2,1-7H3,(H,48,51)(H,49,53)(H,54,55)/b11-9-/t26-,27-,29-,32-,35+,36+,45-/m1/s1. The first-order chi connectivity index (χ1) is 29.4. The number of pyridine rings is 1. The van der Waals surface area contributed by atoms with Crippen LogP contribution in [0.5, 0.6) is 23.1 Å². The number of fused-ring (bicyclic) bond motifs is 3. The van der Waals surface area contributed by atoms with Gasteiger partial charge in [-0.15, -0.1) is 0 Å². The molecule has 3 heterocycles. The lowest BCUT2D eigenvalue weighted by molar-refractivity contribution is -0.142. The van der Waals surface area contributed by atoms with Crippen LogP contribution in [-0.2, 0) is 24.4 Å². The van der Waals surface area contributed by atoms with E-state index in [4.69, 9.17) is 23.9 Å². The lowest BCUT2D eigenvalue weighted by Gasteiger charge is -2.32. The fourth-order valence-electron chi connectivity index (χ4n) is 8.71. The second kappa shape index (κ2) is 17.3. The predicted octanol–water partition coefficient (Wildman–Crippen LogP) is 5.58. The molecule has 2 aliphatic carbocycles. The summed E-state index contributed by atoms with van der Waals surface area (Å²) in [5.74, 6) is -1.15. The number of nitrogens with zero attached hydrogens (tertiary/aromatic N) is 2. The molecule has 2 aromatic carbocycles. The molecule has 4 amide bonds. The smallest absolute Gasteiger partial charge is 0.405 e. The Morgan fingerprint density at radius 1 is 1.00 bits per heavy atom. The topological polar surface area (TPSA) is 212 Å². The van der Waals surface area contributed by atoms with Gasteiger partial charge in [0.15, 0.2) is 5.75 Å². The van der Waals surface area contributed by atoms with Crippen LogP contribution in [0.4, 0.5) is 4.79 Å². The Hall–Kier alpha value is -5.58. The molecule has 7 atom stereocenters. The van der Waals surface area contributed by atoms with E-state index in [2.05, 4.69) is 15.4 Å². The second-order valence-corrected chi connectivity index (χ2v) is 20.0. The number of carbonyl (C=O) groups excluding carboxylic acids is 3. The van der Waals surface area contributed by atoms with Crippen molar-refractivity contribution in [2.24, 2.45) is 17.8 Å². The zero-order valence-electron chi connectivity index (χ0n) is 36.2. The Morgan fingerprint density at radius 3 is 2.35 bits per heavy atom. The number of allylic oxidation sites excluding steroid dienone is 1. The number of aromatic nitrogens is 1. The molecule has 2 aliphatic heterocycles. The Bertz CT molecular complexity index is 2370. The number of sulfonamides is 1. The number of carbonyl (C=O) groups is 4. The molecule has 62 heavy (non-hydrogen) atoms. The van der Waals surface area contributed by atoms with Gasteiger partial charge in [0, 0.05) is 28.7 Å². The maximum atomic E-state index is 14.7. The minimum atomic E-state index is -4.04. The van der Waals surface area contributed by atoms with Gasteiger partial charge in [0.05, 0.1) is 31.6 Å². The number of nitrogens with one attached hydrogen (secondary N) is 3. The maximum absolute atomic E-state index is 14.7. The zero-order chi connectivity index (χ0) is 44.7. The average Bonchev–Trinajstić information content (AvgIpc) is 4.10. The van der Waals surface area contributed by atoms with E-state index >= 15 is 0 Å². The van der Waals surface area contributed by atoms with Crippen molar-refractivity contribution in [3.05, 3.63) is 54.6 Å². The highest BCUT2D eigenvalue weighted by atomic mass is 32.2. The van der Waals surface area contributed by atoms with Gasteiger partial charge in [-0.05, 0) is 114 Å². The van der Waals surface area contributed by atoms with Crippen molar-refractivity contribution in [2.45, 2.75) is 114 Å².